The topological polar surface area (TPSA) is 138 Å². The Hall–Kier alpha value is -3.21. The number of aromatic nitrogens is 3. The zero-order chi connectivity index (χ0) is 20.5. The highest BCUT2D eigenvalue weighted by Gasteiger charge is 2.32. The number of carboxylic acids is 1. The van der Waals surface area contributed by atoms with Crippen molar-refractivity contribution in [1.82, 2.24) is 15.0 Å². The fourth-order valence-corrected chi connectivity index (χ4v) is 3.65. The van der Waals surface area contributed by atoms with E-state index < -0.39 is 5.97 Å². The average molecular weight is 380 g/mol. The summed E-state index contributed by atoms with van der Waals surface area (Å²) in [6.07, 6.45) is 5.85. The lowest BCUT2D eigenvalue weighted by atomic mass is 9.70. The van der Waals surface area contributed by atoms with Gasteiger partial charge in [-0.05, 0) is 36.2 Å². The van der Waals surface area contributed by atoms with E-state index in [9.17, 15) is 10.1 Å². The molecular formula is C20H24N6O2. The van der Waals surface area contributed by atoms with Crippen LogP contribution in [0.2, 0.25) is 0 Å². The molecule has 2 heterocycles. The van der Waals surface area contributed by atoms with Gasteiger partial charge in [0.1, 0.15) is 24.0 Å². The molecule has 0 saturated heterocycles. The van der Waals surface area contributed by atoms with E-state index in [0.29, 0.717) is 17.0 Å². The molecule has 0 amide bonds. The molecule has 28 heavy (non-hydrogen) atoms. The highest BCUT2D eigenvalue weighted by Crippen LogP contribution is 2.42. The number of hydrogen-bond acceptors (Lipinski definition) is 7. The van der Waals surface area contributed by atoms with E-state index in [2.05, 4.69) is 47.1 Å². The number of anilines is 2. The van der Waals surface area contributed by atoms with Crippen LogP contribution in [0.1, 0.15) is 44.0 Å². The van der Waals surface area contributed by atoms with E-state index in [1.807, 2.05) is 0 Å². The number of fused-ring (bicyclic) bond motifs is 1. The second kappa shape index (κ2) is 7.43. The minimum atomic E-state index is -0.997. The van der Waals surface area contributed by atoms with Gasteiger partial charge in [0.25, 0.3) is 0 Å². The van der Waals surface area contributed by atoms with E-state index in [0.717, 1.165) is 36.1 Å². The first-order chi connectivity index (χ1) is 13.2. The third kappa shape index (κ3) is 3.88. The van der Waals surface area contributed by atoms with Crippen molar-refractivity contribution in [2.45, 2.75) is 40.0 Å². The second-order valence-corrected chi connectivity index (χ2v) is 8.13. The summed E-state index contributed by atoms with van der Waals surface area (Å²) in [6, 6.07) is 2.18. The van der Waals surface area contributed by atoms with Crippen molar-refractivity contribution in [2.75, 3.05) is 17.6 Å². The number of nitriles is 1. The molecule has 4 N–H and O–H groups in total. The Bertz CT molecular complexity index is 941. The van der Waals surface area contributed by atoms with Crippen LogP contribution in [0.3, 0.4) is 0 Å². The number of nitrogen functional groups attached to an aromatic ring is 1. The fourth-order valence-electron chi connectivity index (χ4n) is 3.65. The number of pyridine rings is 1. The van der Waals surface area contributed by atoms with Crippen molar-refractivity contribution in [2.24, 2.45) is 11.3 Å². The number of aliphatic carboxylic acids is 1. The van der Waals surface area contributed by atoms with Crippen LogP contribution in [-0.4, -0.2) is 32.6 Å². The second-order valence-electron chi connectivity index (χ2n) is 8.13. The van der Waals surface area contributed by atoms with Crippen LogP contribution in [-0.2, 0) is 17.6 Å². The van der Waals surface area contributed by atoms with Gasteiger partial charge < -0.3 is 16.2 Å². The molecule has 8 nitrogen and oxygen atoms in total. The maximum atomic E-state index is 10.7. The summed E-state index contributed by atoms with van der Waals surface area (Å²) in [5.41, 5.74) is 9.93. The zero-order valence-electron chi connectivity index (χ0n) is 16.3. The van der Waals surface area contributed by atoms with Gasteiger partial charge in [-0.3, -0.25) is 4.79 Å². The molecule has 1 aliphatic carbocycles. The Morgan fingerprint density at radius 1 is 1.39 bits per heavy atom. The van der Waals surface area contributed by atoms with E-state index >= 15 is 0 Å². The Kier molecular flexibility index (Phi) is 5.18. The number of nitrogens with one attached hydrogen (secondary N) is 1. The van der Waals surface area contributed by atoms with Crippen molar-refractivity contribution in [3.63, 3.8) is 0 Å². The monoisotopic (exact) mass is 380 g/mol. The predicted molar refractivity (Wildman–Crippen MR) is 105 cm³/mol. The molecule has 0 fully saturated rings. The van der Waals surface area contributed by atoms with E-state index in [-0.39, 0.29) is 23.7 Å². The number of hydrogen-bond donors (Lipinski definition) is 3. The summed E-state index contributed by atoms with van der Waals surface area (Å²) in [7, 11) is 0. The molecule has 0 aromatic carbocycles. The maximum Gasteiger partial charge on any atom is 0.322 e. The Balaban J connectivity index is 2.06. The van der Waals surface area contributed by atoms with Crippen molar-refractivity contribution in [1.29, 1.82) is 5.26 Å². The normalized spacial score (nSPS) is 16.1. The number of rotatable bonds is 4. The molecule has 1 atom stereocenters. The first-order valence-corrected chi connectivity index (χ1v) is 9.20. The van der Waals surface area contributed by atoms with Gasteiger partial charge >= 0.3 is 5.97 Å². The van der Waals surface area contributed by atoms with Gasteiger partial charge in [0.05, 0.1) is 0 Å². The van der Waals surface area contributed by atoms with Gasteiger partial charge in [0, 0.05) is 29.2 Å². The predicted octanol–water partition coefficient (Wildman–Crippen LogP) is 2.64. The van der Waals surface area contributed by atoms with Gasteiger partial charge in [-0.2, -0.15) is 5.26 Å². The number of carbonyl (C=O) groups is 1. The number of aryl methyl sites for hydroxylation is 1. The third-order valence-electron chi connectivity index (χ3n) is 5.27. The summed E-state index contributed by atoms with van der Waals surface area (Å²) in [5.74, 6) is -0.0940. The van der Waals surface area contributed by atoms with Crippen LogP contribution in [0.5, 0.6) is 0 Å². The smallest absolute Gasteiger partial charge is 0.322 e. The number of nitrogens with zero attached hydrogens (tertiary/aromatic N) is 4. The summed E-state index contributed by atoms with van der Waals surface area (Å²) in [6.45, 7) is 6.41. The zero-order valence-corrected chi connectivity index (χ0v) is 16.3. The van der Waals surface area contributed by atoms with Crippen molar-refractivity contribution >= 4 is 17.7 Å². The lowest BCUT2D eigenvalue weighted by molar-refractivity contribution is -0.134. The summed E-state index contributed by atoms with van der Waals surface area (Å²) >= 11 is 0. The minimum absolute atomic E-state index is 0.143. The average Bonchev–Trinajstić information content (AvgIpc) is 2.64. The Labute approximate surface area is 163 Å². The van der Waals surface area contributed by atoms with Crippen LogP contribution in [0.15, 0.2) is 12.4 Å². The van der Waals surface area contributed by atoms with Gasteiger partial charge in [-0.15, -0.1) is 0 Å². The molecule has 8 heteroatoms. The molecule has 2 aromatic rings. The standard InChI is InChI=1S/C20H24N6O2/c1-20(2,3)12-4-5-15-13(6-12)17(14(7-21)18(22)26-15)11-8-23-19(24-9-11)25-10-16(27)28/h8-9,12H,4-6,10H2,1-3H3,(H2,22,26)(H,27,28)(H,23,24,25). The molecule has 0 aliphatic heterocycles. The summed E-state index contributed by atoms with van der Waals surface area (Å²) in [5, 5.41) is 21.1. The molecule has 3 rings (SSSR count). The van der Waals surface area contributed by atoms with Gasteiger partial charge in [-0.1, -0.05) is 20.8 Å². The number of nitrogens with two attached hydrogens (primary N) is 1. The first kappa shape index (κ1) is 19.5. The number of carboxylic acid groups (broad SMARTS) is 1. The van der Waals surface area contributed by atoms with Crippen LogP contribution in [0, 0.1) is 22.7 Å². The molecular weight excluding hydrogens is 356 g/mol. The van der Waals surface area contributed by atoms with Crippen molar-refractivity contribution in [3.8, 4) is 17.2 Å². The van der Waals surface area contributed by atoms with Crippen LogP contribution >= 0.6 is 0 Å². The fraction of sp³-hybridized carbons (Fsp3) is 0.450. The lowest BCUT2D eigenvalue weighted by Gasteiger charge is -2.35. The quantitative estimate of drug-likeness (QED) is 0.736. The van der Waals surface area contributed by atoms with Gasteiger partial charge in [0.15, 0.2) is 0 Å². The highest BCUT2D eigenvalue weighted by atomic mass is 16.4. The van der Waals surface area contributed by atoms with Gasteiger partial charge in [-0.25, -0.2) is 15.0 Å². The molecule has 0 saturated carbocycles. The largest absolute Gasteiger partial charge is 0.480 e. The molecule has 0 spiro atoms. The van der Waals surface area contributed by atoms with Crippen LogP contribution < -0.4 is 11.1 Å². The molecule has 146 valence electrons. The lowest BCUT2D eigenvalue weighted by Crippen LogP contribution is -2.28. The minimum Gasteiger partial charge on any atom is -0.480 e. The van der Waals surface area contributed by atoms with E-state index in [4.69, 9.17) is 10.8 Å². The van der Waals surface area contributed by atoms with Crippen molar-refractivity contribution < 1.29 is 9.90 Å². The summed E-state index contributed by atoms with van der Waals surface area (Å²) in [4.78, 5) is 23.6. The Morgan fingerprint density at radius 3 is 2.64 bits per heavy atom. The molecule has 2 aromatic heterocycles. The van der Waals surface area contributed by atoms with Gasteiger partial charge in [0.2, 0.25) is 5.95 Å². The van der Waals surface area contributed by atoms with Crippen LogP contribution in [0.25, 0.3) is 11.1 Å². The van der Waals surface area contributed by atoms with Crippen LogP contribution in [0.4, 0.5) is 11.8 Å². The third-order valence-corrected chi connectivity index (χ3v) is 5.27. The maximum absolute atomic E-state index is 10.7. The Morgan fingerprint density at radius 2 is 2.07 bits per heavy atom. The summed E-state index contributed by atoms with van der Waals surface area (Å²) < 4.78 is 0. The first-order valence-electron chi connectivity index (χ1n) is 9.20. The molecule has 1 aliphatic rings. The molecule has 0 radical (unpaired) electrons. The van der Waals surface area contributed by atoms with E-state index in [1.165, 1.54) is 0 Å². The van der Waals surface area contributed by atoms with E-state index in [1.54, 1.807) is 12.4 Å². The molecule has 1 unspecified atom stereocenters. The molecule has 0 bridgehead atoms. The highest BCUT2D eigenvalue weighted by molar-refractivity contribution is 5.79. The SMILES string of the molecule is CC(C)(C)C1CCc2nc(N)c(C#N)c(-c3cnc(NCC(=O)O)nc3)c2C1. The van der Waals surface area contributed by atoms with Crippen molar-refractivity contribution in [3.05, 3.63) is 29.2 Å².